The first kappa shape index (κ1) is 16.2. The van der Waals surface area contributed by atoms with Crippen LogP contribution in [0.1, 0.15) is 46.0 Å². The third kappa shape index (κ3) is 4.17. The molecule has 0 spiro atoms. The zero-order valence-corrected chi connectivity index (χ0v) is 12.8. The van der Waals surface area contributed by atoms with Crippen LogP contribution in [-0.2, 0) is 14.3 Å². The van der Waals surface area contributed by atoms with Gasteiger partial charge >= 0.3 is 5.97 Å². The molecule has 0 heterocycles. The fourth-order valence-electron chi connectivity index (χ4n) is 3.09. The minimum absolute atomic E-state index is 0.257. The largest absolute Gasteiger partial charge is 0.481 e. The second-order valence-corrected chi connectivity index (χ2v) is 6.78. The number of rotatable bonds is 7. The van der Waals surface area contributed by atoms with Gasteiger partial charge in [0.25, 0.3) is 0 Å². The number of carboxylic acid groups (broad SMARTS) is 1. The highest BCUT2D eigenvalue weighted by Gasteiger charge is 2.46. The van der Waals surface area contributed by atoms with Gasteiger partial charge in [-0.1, -0.05) is 13.8 Å². The van der Waals surface area contributed by atoms with Crippen LogP contribution in [0.5, 0.6) is 0 Å². The molecular weight excluding hydrogens is 272 g/mol. The van der Waals surface area contributed by atoms with Crippen molar-refractivity contribution >= 4 is 11.9 Å². The number of carboxylic acids is 1. The van der Waals surface area contributed by atoms with E-state index in [9.17, 15) is 9.59 Å². The Morgan fingerprint density at radius 2 is 1.90 bits per heavy atom. The van der Waals surface area contributed by atoms with Crippen molar-refractivity contribution in [3.63, 3.8) is 0 Å². The fourth-order valence-corrected chi connectivity index (χ4v) is 3.09. The Balaban J connectivity index is 1.80. The molecule has 2 aliphatic carbocycles. The minimum Gasteiger partial charge on any atom is -0.481 e. The van der Waals surface area contributed by atoms with Crippen molar-refractivity contribution in [1.82, 2.24) is 5.32 Å². The SMILES string of the molecule is CC1CCC(C)C1OCC1(NC(=O)[C@@H](N)CC(=O)O)CC1. The summed E-state index contributed by atoms with van der Waals surface area (Å²) in [6.45, 7) is 4.90. The van der Waals surface area contributed by atoms with Crippen LogP contribution < -0.4 is 11.1 Å². The lowest BCUT2D eigenvalue weighted by Crippen LogP contribution is -2.49. The van der Waals surface area contributed by atoms with Crippen LogP contribution in [0.2, 0.25) is 0 Å². The maximum Gasteiger partial charge on any atom is 0.305 e. The van der Waals surface area contributed by atoms with Gasteiger partial charge in [0, 0.05) is 0 Å². The Hall–Kier alpha value is -1.14. The molecule has 0 saturated heterocycles. The van der Waals surface area contributed by atoms with E-state index in [1.165, 1.54) is 12.8 Å². The lowest BCUT2D eigenvalue weighted by Gasteiger charge is -2.25. The monoisotopic (exact) mass is 298 g/mol. The summed E-state index contributed by atoms with van der Waals surface area (Å²) in [6, 6.07) is -0.996. The molecule has 0 aliphatic heterocycles. The molecule has 6 heteroatoms. The van der Waals surface area contributed by atoms with E-state index in [1.54, 1.807) is 0 Å². The molecule has 2 aliphatic rings. The van der Waals surface area contributed by atoms with E-state index in [0.717, 1.165) is 12.8 Å². The number of aliphatic carboxylic acids is 1. The molecule has 0 aromatic rings. The average molecular weight is 298 g/mol. The Morgan fingerprint density at radius 3 is 2.38 bits per heavy atom. The molecule has 4 N–H and O–H groups in total. The van der Waals surface area contributed by atoms with Gasteiger partial charge in [0.1, 0.15) is 0 Å². The molecule has 1 amide bonds. The van der Waals surface area contributed by atoms with E-state index in [-0.39, 0.29) is 18.1 Å². The molecule has 0 aromatic carbocycles. The van der Waals surface area contributed by atoms with E-state index in [1.807, 2.05) is 0 Å². The van der Waals surface area contributed by atoms with Crippen molar-refractivity contribution in [2.75, 3.05) is 6.61 Å². The molecule has 0 radical (unpaired) electrons. The summed E-state index contributed by atoms with van der Waals surface area (Å²) < 4.78 is 6.04. The zero-order valence-electron chi connectivity index (χ0n) is 12.8. The third-order valence-electron chi connectivity index (χ3n) is 4.72. The number of nitrogens with one attached hydrogen (secondary N) is 1. The van der Waals surface area contributed by atoms with Gasteiger partial charge in [-0.15, -0.1) is 0 Å². The number of hydrogen-bond acceptors (Lipinski definition) is 4. The lowest BCUT2D eigenvalue weighted by molar-refractivity contribution is -0.139. The third-order valence-corrected chi connectivity index (χ3v) is 4.72. The van der Waals surface area contributed by atoms with E-state index in [0.29, 0.717) is 18.4 Å². The molecule has 6 nitrogen and oxygen atoms in total. The van der Waals surface area contributed by atoms with Crippen molar-refractivity contribution in [3.8, 4) is 0 Å². The summed E-state index contributed by atoms with van der Waals surface area (Å²) in [6.07, 6.45) is 4.03. The second-order valence-electron chi connectivity index (χ2n) is 6.78. The van der Waals surface area contributed by atoms with Crippen molar-refractivity contribution < 1.29 is 19.4 Å². The molecule has 2 rings (SSSR count). The molecule has 21 heavy (non-hydrogen) atoms. The first-order chi connectivity index (χ1) is 9.83. The summed E-state index contributed by atoms with van der Waals surface area (Å²) in [5.74, 6) is -0.347. The Labute approximate surface area is 125 Å². The average Bonchev–Trinajstić information content (AvgIpc) is 3.08. The van der Waals surface area contributed by atoms with Gasteiger partial charge in [0.15, 0.2) is 0 Å². The summed E-state index contributed by atoms with van der Waals surface area (Å²) in [5, 5.41) is 11.5. The van der Waals surface area contributed by atoms with Crippen LogP contribution in [0, 0.1) is 11.8 Å². The van der Waals surface area contributed by atoms with Crippen molar-refractivity contribution in [3.05, 3.63) is 0 Å². The molecule has 120 valence electrons. The van der Waals surface area contributed by atoms with E-state index >= 15 is 0 Å². The summed E-state index contributed by atoms with van der Waals surface area (Å²) in [5.41, 5.74) is 5.26. The predicted molar refractivity (Wildman–Crippen MR) is 77.6 cm³/mol. The van der Waals surface area contributed by atoms with Crippen molar-refractivity contribution in [2.24, 2.45) is 17.6 Å². The highest BCUT2D eigenvalue weighted by molar-refractivity contribution is 5.86. The van der Waals surface area contributed by atoms with Crippen LogP contribution in [0.15, 0.2) is 0 Å². The Kier molecular flexibility index (Phi) is 4.88. The molecular formula is C15H26N2O4. The normalized spacial score (nSPS) is 31.7. The molecule has 3 atom stereocenters. The van der Waals surface area contributed by atoms with Crippen molar-refractivity contribution in [2.45, 2.75) is 63.6 Å². The van der Waals surface area contributed by atoms with Gasteiger partial charge in [-0.3, -0.25) is 9.59 Å². The maximum absolute atomic E-state index is 11.9. The van der Waals surface area contributed by atoms with Crippen LogP contribution in [-0.4, -0.2) is 41.3 Å². The first-order valence-electron chi connectivity index (χ1n) is 7.74. The fraction of sp³-hybridized carbons (Fsp3) is 0.867. The van der Waals surface area contributed by atoms with Crippen LogP contribution >= 0.6 is 0 Å². The smallest absolute Gasteiger partial charge is 0.305 e. The van der Waals surface area contributed by atoms with Crippen LogP contribution in [0.3, 0.4) is 0 Å². The Morgan fingerprint density at radius 1 is 1.33 bits per heavy atom. The van der Waals surface area contributed by atoms with E-state index in [2.05, 4.69) is 19.2 Å². The molecule has 2 saturated carbocycles. The standard InChI is InChI=1S/C15H26N2O4/c1-9-3-4-10(2)13(9)21-8-15(5-6-15)17-14(20)11(16)7-12(18)19/h9-11,13H,3-8,16H2,1-2H3,(H,17,20)(H,18,19)/t9?,10?,11-,13?/m0/s1. The number of hydrogen-bond donors (Lipinski definition) is 3. The molecule has 2 fully saturated rings. The quantitative estimate of drug-likeness (QED) is 0.648. The highest BCUT2D eigenvalue weighted by atomic mass is 16.5. The minimum atomic E-state index is -1.06. The van der Waals surface area contributed by atoms with Crippen LogP contribution in [0.4, 0.5) is 0 Å². The number of carbonyl (C=O) groups excluding carboxylic acids is 1. The molecule has 0 aromatic heterocycles. The first-order valence-corrected chi connectivity index (χ1v) is 7.74. The topological polar surface area (TPSA) is 102 Å². The van der Waals surface area contributed by atoms with Gasteiger partial charge in [-0.05, 0) is 37.5 Å². The zero-order chi connectivity index (χ0) is 15.6. The number of ether oxygens (including phenoxy) is 1. The van der Waals surface area contributed by atoms with E-state index in [4.69, 9.17) is 15.6 Å². The van der Waals surface area contributed by atoms with Crippen LogP contribution in [0.25, 0.3) is 0 Å². The highest BCUT2D eigenvalue weighted by Crippen LogP contribution is 2.39. The van der Waals surface area contributed by atoms with Gasteiger partial charge < -0.3 is 20.9 Å². The number of nitrogens with two attached hydrogens (primary N) is 1. The van der Waals surface area contributed by atoms with Gasteiger partial charge in [0.05, 0.1) is 30.7 Å². The number of carbonyl (C=O) groups is 2. The summed E-state index contributed by atoms with van der Waals surface area (Å²) in [4.78, 5) is 22.5. The van der Waals surface area contributed by atoms with E-state index < -0.39 is 17.9 Å². The van der Waals surface area contributed by atoms with Gasteiger partial charge in [-0.25, -0.2) is 0 Å². The molecule has 0 bridgehead atoms. The number of amides is 1. The summed E-state index contributed by atoms with van der Waals surface area (Å²) in [7, 11) is 0. The Bertz CT molecular complexity index is 398. The second kappa shape index (κ2) is 6.32. The molecule has 2 unspecified atom stereocenters. The summed E-state index contributed by atoms with van der Waals surface area (Å²) >= 11 is 0. The lowest BCUT2D eigenvalue weighted by atomic mass is 10.0. The maximum atomic E-state index is 11.9. The van der Waals surface area contributed by atoms with Gasteiger partial charge in [0.2, 0.25) is 5.91 Å². The van der Waals surface area contributed by atoms with Crippen molar-refractivity contribution in [1.29, 1.82) is 0 Å². The van der Waals surface area contributed by atoms with Gasteiger partial charge in [-0.2, -0.15) is 0 Å². The predicted octanol–water partition coefficient (Wildman–Crippen LogP) is 0.888.